The van der Waals surface area contributed by atoms with E-state index in [0.29, 0.717) is 17.5 Å². The number of nitrogens with one attached hydrogen (secondary N) is 10. The van der Waals surface area contributed by atoms with Gasteiger partial charge in [-0.2, -0.15) is 25.3 Å². The number of H-pyrrole nitrogens is 1. The first-order chi connectivity index (χ1) is 34.6. The lowest BCUT2D eigenvalue weighted by atomic mass is 9.97. The Kier molecular flexibility index (Phi) is 24.5. The van der Waals surface area contributed by atoms with Crippen LogP contribution >= 0.6 is 25.3 Å². The Bertz CT molecular complexity index is 2460. The number of phenols is 1. The summed E-state index contributed by atoms with van der Waals surface area (Å²) in [5, 5.41) is 50.8. The number of carbonyl (C=O) groups is 11. The molecule has 0 fully saturated rings. The molecule has 25 nitrogen and oxygen atoms in total. The van der Waals surface area contributed by atoms with Crippen LogP contribution in [0.3, 0.4) is 0 Å². The van der Waals surface area contributed by atoms with Crippen LogP contribution in [0.15, 0.2) is 54.7 Å². The molecule has 0 saturated carbocycles. The number of thiol groups is 2. The van der Waals surface area contributed by atoms with Gasteiger partial charge in [0.2, 0.25) is 53.2 Å². The number of carboxylic acids is 2. The number of hydrogen-bond acceptors (Lipinski definition) is 15. The summed E-state index contributed by atoms with van der Waals surface area (Å²) in [4.78, 5) is 144. The van der Waals surface area contributed by atoms with Crippen LogP contribution < -0.4 is 53.6 Å². The highest BCUT2D eigenvalue weighted by Crippen LogP contribution is 2.20. The second kappa shape index (κ2) is 29.8. The number of aliphatic carboxylic acids is 2. The lowest BCUT2D eigenvalue weighted by molar-refractivity contribution is -0.141. The van der Waals surface area contributed by atoms with E-state index in [0.717, 1.165) is 10.9 Å². The molecule has 0 radical (unpaired) electrons. The van der Waals surface area contributed by atoms with Gasteiger partial charge >= 0.3 is 11.9 Å². The predicted molar refractivity (Wildman–Crippen MR) is 270 cm³/mol. The molecule has 0 unspecified atom stereocenters. The molecule has 73 heavy (non-hydrogen) atoms. The number of carbonyl (C=O) groups excluding carboxylic acids is 9. The molecule has 3 aromatic rings. The molecular formula is C46H63N11O14S2. The van der Waals surface area contributed by atoms with Gasteiger partial charge < -0.3 is 73.9 Å². The second-order valence-corrected chi connectivity index (χ2v) is 17.6. The molecule has 0 bridgehead atoms. The molecule has 0 saturated heterocycles. The maximum Gasteiger partial charge on any atom is 0.327 e. The molecule has 15 N–H and O–H groups in total. The van der Waals surface area contributed by atoms with Crippen LogP contribution in [-0.2, 0) is 65.6 Å². The first-order valence-corrected chi connectivity index (χ1v) is 24.2. The van der Waals surface area contributed by atoms with E-state index in [4.69, 9.17) is 5.73 Å². The van der Waals surface area contributed by atoms with Gasteiger partial charge in [0.05, 0.1) is 25.7 Å². The number of aromatic nitrogens is 1. The van der Waals surface area contributed by atoms with Gasteiger partial charge in [-0.1, -0.05) is 50.6 Å². The minimum atomic E-state index is -1.53. The summed E-state index contributed by atoms with van der Waals surface area (Å²) >= 11 is 7.99. The van der Waals surface area contributed by atoms with Crippen LogP contribution in [0.4, 0.5) is 0 Å². The molecule has 2 aromatic carbocycles. The van der Waals surface area contributed by atoms with E-state index in [1.807, 2.05) is 6.07 Å². The molecule has 8 atom stereocenters. The summed E-state index contributed by atoms with van der Waals surface area (Å²) in [6.45, 7) is 2.55. The number of fused-ring (bicyclic) bond motifs is 1. The van der Waals surface area contributed by atoms with E-state index < -0.39 is 146 Å². The van der Waals surface area contributed by atoms with E-state index in [-0.39, 0.29) is 30.1 Å². The summed E-state index contributed by atoms with van der Waals surface area (Å²) in [5.41, 5.74) is 7.67. The number of aromatic amines is 1. The van der Waals surface area contributed by atoms with Crippen molar-refractivity contribution in [3.05, 3.63) is 65.9 Å². The van der Waals surface area contributed by atoms with Crippen LogP contribution in [0.2, 0.25) is 0 Å². The van der Waals surface area contributed by atoms with Gasteiger partial charge in [-0.3, -0.25) is 47.9 Å². The number of phenolic OH excluding ortho intramolecular Hbond substituents is 1. The third kappa shape index (κ3) is 20.0. The number of amides is 9. The van der Waals surface area contributed by atoms with Crippen molar-refractivity contribution in [2.45, 2.75) is 95.2 Å². The van der Waals surface area contributed by atoms with Gasteiger partial charge in [-0.25, -0.2) is 4.79 Å². The molecule has 1 aromatic heterocycles. The van der Waals surface area contributed by atoms with Gasteiger partial charge in [0.1, 0.15) is 42.0 Å². The van der Waals surface area contributed by atoms with Crippen molar-refractivity contribution in [3.63, 3.8) is 0 Å². The van der Waals surface area contributed by atoms with E-state index in [9.17, 15) is 68.1 Å². The summed E-state index contributed by atoms with van der Waals surface area (Å²) in [6, 6.07) is 3.92. The van der Waals surface area contributed by atoms with E-state index >= 15 is 0 Å². The Morgan fingerprint density at radius 3 is 1.82 bits per heavy atom. The summed E-state index contributed by atoms with van der Waals surface area (Å²) in [5.74, 6) is -11.1. The van der Waals surface area contributed by atoms with Crippen LogP contribution in [0.25, 0.3) is 10.9 Å². The van der Waals surface area contributed by atoms with Crippen molar-refractivity contribution in [1.82, 2.24) is 52.8 Å². The van der Waals surface area contributed by atoms with Crippen LogP contribution in [-0.4, -0.2) is 159 Å². The van der Waals surface area contributed by atoms with Crippen molar-refractivity contribution in [3.8, 4) is 5.75 Å². The van der Waals surface area contributed by atoms with Crippen molar-refractivity contribution < 1.29 is 68.1 Å². The van der Waals surface area contributed by atoms with Crippen molar-refractivity contribution in [2.24, 2.45) is 11.7 Å². The quantitative estimate of drug-likeness (QED) is 0.0298. The van der Waals surface area contributed by atoms with Crippen LogP contribution in [0.5, 0.6) is 5.75 Å². The Balaban J connectivity index is 1.58. The van der Waals surface area contributed by atoms with Crippen LogP contribution in [0.1, 0.15) is 51.2 Å². The molecule has 0 aliphatic carbocycles. The number of carboxylic acid groups (broad SMARTS) is 2. The van der Waals surface area contributed by atoms with Crippen molar-refractivity contribution >= 4 is 101 Å². The van der Waals surface area contributed by atoms with Gasteiger partial charge in [0.25, 0.3) is 0 Å². The van der Waals surface area contributed by atoms with Gasteiger partial charge in [-0.15, -0.1) is 0 Å². The average Bonchev–Trinajstić information content (AvgIpc) is 3.77. The normalized spacial score (nSPS) is 14.2. The topological polar surface area (TPSA) is 399 Å². The predicted octanol–water partition coefficient (Wildman–Crippen LogP) is -2.88. The fourth-order valence-corrected chi connectivity index (χ4v) is 7.24. The molecule has 9 amide bonds. The SMILES string of the molecule is CC[C@H](C)[C@H](NC(=O)CNC(=O)[C@H](C)NC(=O)[C@H](CCC(=O)O)NC(=O)CNC(=O)CNC(=O)[C@H](Cc1ccc(O)cc1)NC(=O)[C@@H](N)CS)C(=O)N[C@@H](Cc1c[nH]c2ccccc12)C(=O)N[C@@H](CS)C(=O)O. The molecule has 27 heteroatoms. The molecule has 0 spiro atoms. The second-order valence-electron chi connectivity index (χ2n) is 16.9. The lowest BCUT2D eigenvalue weighted by Crippen LogP contribution is -2.59. The highest BCUT2D eigenvalue weighted by molar-refractivity contribution is 7.80. The highest BCUT2D eigenvalue weighted by atomic mass is 32.1. The Labute approximate surface area is 430 Å². The standard InChI is InChI=1S/C46H63N11O14S2/c1-4-23(2)39(45(69)55-33(44(68)56-34(22-73)46(70)71)16-26-17-48-30-8-6-5-7-28(26)30)57-37(61)20-50-40(64)24(3)52-43(67)31(13-14-38(62)63)53-36(60)19-49-35(59)18-51-42(66)32(54-41(65)29(47)21-72)15-25-9-11-27(58)12-10-25/h5-12,17,23-24,29,31-34,39,48,58,72-73H,4,13-16,18-22,47H2,1-3H3,(H,49,59)(H,50,64)(H,51,66)(H,52,67)(H,53,60)(H,54,65)(H,55,69)(H,56,68)(H,57,61)(H,62,63)(H,70,71)/t23-,24-,29-,31-,32-,33-,34-,39-/m0/s1. The van der Waals surface area contributed by atoms with E-state index in [1.54, 1.807) is 38.2 Å². The third-order valence-corrected chi connectivity index (χ3v) is 12.0. The summed E-state index contributed by atoms with van der Waals surface area (Å²) in [6.07, 6.45) is 0.864. The number of benzene rings is 2. The largest absolute Gasteiger partial charge is 0.508 e. The minimum Gasteiger partial charge on any atom is -0.508 e. The molecule has 1 heterocycles. The van der Waals surface area contributed by atoms with Crippen molar-refractivity contribution in [2.75, 3.05) is 31.1 Å². The highest BCUT2D eigenvalue weighted by Gasteiger charge is 2.33. The van der Waals surface area contributed by atoms with Crippen molar-refractivity contribution in [1.29, 1.82) is 0 Å². The van der Waals surface area contributed by atoms with Gasteiger partial charge in [-0.05, 0) is 48.6 Å². The Hall–Kier alpha value is -7.39. The zero-order valence-electron chi connectivity index (χ0n) is 40.2. The Morgan fingerprint density at radius 1 is 0.616 bits per heavy atom. The number of aromatic hydroxyl groups is 1. The van der Waals surface area contributed by atoms with E-state index in [1.165, 1.54) is 31.2 Å². The molecule has 0 aliphatic heterocycles. The number of para-hydroxylation sites is 1. The Morgan fingerprint density at radius 2 is 1.19 bits per heavy atom. The fraction of sp³-hybridized carbons (Fsp3) is 0.457. The lowest BCUT2D eigenvalue weighted by Gasteiger charge is -2.27. The average molecular weight is 1060 g/mol. The maximum absolute atomic E-state index is 13.8. The number of hydrogen-bond donors (Lipinski definition) is 16. The number of nitrogens with two attached hydrogens (primary N) is 1. The smallest absolute Gasteiger partial charge is 0.327 e. The summed E-state index contributed by atoms with van der Waals surface area (Å²) in [7, 11) is 0. The van der Waals surface area contributed by atoms with Crippen LogP contribution in [0, 0.1) is 5.92 Å². The molecular weight excluding hydrogens is 995 g/mol. The third-order valence-electron chi connectivity index (χ3n) is 11.2. The van der Waals surface area contributed by atoms with Gasteiger partial charge in [0, 0.05) is 47.9 Å². The first kappa shape index (κ1) is 59.9. The fourth-order valence-electron chi connectivity index (χ4n) is 6.83. The first-order valence-electron chi connectivity index (χ1n) is 22.9. The van der Waals surface area contributed by atoms with Gasteiger partial charge in [0.15, 0.2) is 0 Å². The molecule has 398 valence electrons. The monoisotopic (exact) mass is 1060 g/mol. The molecule has 3 rings (SSSR count). The molecule has 0 aliphatic rings. The maximum atomic E-state index is 13.8. The zero-order chi connectivity index (χ0) is 54.4. The minimum absolute atomic E-state index is 0.0254. The number of rotatable bonds is 30. The summed E-state index contributed by atoms with van der Waals surface area (Å²) < 4.78 is 0. The van der Waals surface area contributed by atoms with E-state index in [2.05, 4.69) is 78.1 Å². The zero-order valence-corrected chi connectivity index (χ0v) is 42.0.